The third-order valence-corrected chi connectivity index (χ3v) is 1.80. The molecule has 1 aromatic heterocycles. The molecule has 0 N–H and O–H groups in total. The fraction of sp³-hybridized carbons (Fsp3) is 0.286. The molecule has 2 heteroatoms. The second-order valence-electron chi connectivity index (χ2n) is 1.87. The normalized spacial score (nSPS) is 12.8. The Morgan fingerprint density at radius 2 is 2.33 bits per heavy atom. The SMILES string of the molecule is [2H]c1nc(C)c([2H])c(Br)c1C. The molecule has 0 amide bonds. The molecule has 1 rings (SSSR count). The Morgan fingerprint density at radius 3 is 3.00 bits per heavy atom. The Balaban J connectivity index is 3.46. The molecule has 0 aromatic carbocycles. The summed E-state index contributed by atoms with van der Waals surface area (Å²) in [4.78, 5) is 3.88. The highest BCUT2D eigenvalue weighted by atomic mass is 79.9. The molecule has 1 heterocycles. The number of pyridine rings is 1. The van der Waals surface area contributed by atoms with Crippen molar-refractivity contribution < 1.29 is 2.74 Å². The van der Waals surface area contributed by atoms with Crippen LogP contribution in [0.4, 0.5) is 0 Å². The summed E-state index contributed by atoms with van der Waals surface area (Å²) < 4.78 is 15.5. The van der Waals surface area contributed by atoms with Gasteiger partial charge in [-0.2, -0.15) is 0 Å². The molecule has 0 saturated carbocycles. The van der Waals surface area contributed by atoms with Gasteiger partial charge in [0.2, 0.25) is 0 Å². The van der Waals surface area contributed by atoms with Crippen molar-refractivity contribution >= 4 is 15.9 Å². The maximum atomic E-state index is 7.49. The van der Waals surface area contributed by atoms with Crippen molar-refractivity contribution in [1.29, 1.82) is 0 Å². The van der Waals surface area contributed by atoms with Gasteiger partial charge in [-0.3, -0.25) is 4.98 Å². The zero-order valence-corrected chi connectivity index (χ0v) is 6.91. The fourth-order valence-corrected chi connectivity index (χ4v) is 0.873. The Bertz CT molecular complexity index is 273. The molecule has 0 radical (unpaired) electrons. The van der Waals surface area contributed by atoms with E-state index in [-0.39, 0.29) is 6.17 Å². The summed E-state index contributed by atoms with van der Waals surface area (Å²) in [5, 5.41) is 0. The molecule has 0 aliphatic carbocycles. The smallest absolute Gasteiger partial charge is 0.0843 e. The van der Waals surface area contributed by atoms with Crippen molar-refractivity contribution in [2.45, 2.75) is 13.8 Å². The Labute approximate surface area is 66.1 Å². The predicted molar refractivity (Wildman–Crippen MR) is 41.4 cm³/mol. The van der Waals surface area contributed by atoms with Gasteiger partial charge in [-0.1, -0.05) is 15.9 Å². The van der Waals surface area contributed by atoms with Gasteiger partial charge in [-0.25, -0.2) is 0 Å². The highest BCUT2D eigenvalue weighted by molar-refractivity contribution is 9.10. The van der Waals surface area contributed by atoms with Crippen LogP contribution in [0.3, 0.4) is 0 Å². The first-order valence-corrected chi connectivity index (χ1v) is 3.43. The zero-order valence-electron chi connectivity index (χ0n) is 7.33. The number of hydrogen-bond acceptors (Lipinski definition) is 1. The average Bonchev–Trinajstić information content (AvgIpc) is 1.97. The van der Waals surface area contributed by atoms with E-state index in [4.69, 9.17) is 2.74 Å². The van der Waals surface area contributed by atoms with Crippen molar-refractivity contribution in [2.75, 3.05) is 0 Å². The maximum Gasteiger partial charge on any atom is 0.0843 e. The van der Waals surface area contributed by atoms with Crippen molar-refractivity contribution in [1.82, 2.24) is 4.98 Å². The summed E-state index contributed by atoms with van der Waals surface area (Å²) in [7, 11) is 0. The lowest BCUT2D eigenvalue weighted by Crippen LogP contribution is -1.82. The van der Waals surface area contributed by atoms with Gasteiger partial charge in [0.05, 0.1) is 2.74 Å². The van der Waals surface area contributed by atoms with E-state index in [0.717, 1.165) is 5.56 Å². The van der Waals surface area contributed by atoms with E-state index in [2.05, 4.69) is 20.9 Å². The maximum absolute atomic E-state index is 7.49. The first kappa shape index (κ1) is 4.45. The molecule has 9 heavy (non-hydrogen) atoms. The van der Waals surface area contributed by atoms with Crippen LogP contribution in [0.1, 0.15) is 14.0 Å². The molecule has 48 valence electrons. The largest absolute Gasteiger partial charge is 0.261 e. The molecule has 0 saturated heterocycles. The number of nitrogens with zero attached hydrogens (tertiary/aromatic N) is 1. The summed E-state index contributed by atoms with van der Waals surface area (Å²) in [6, 6.07) is 0.374. The quantitative estimate of drug-likeness (QED) is 0.609. The van der Waals surface area contributed by atoms with Gasteiger partial charge in [-0.05, 0) is 25.5 Å². The standard InChI is InChI=1S/C7H8BrN/c1-5-4-9-6(2)3-7(5)8/h3-4H,1-2H3/i3D,4D. The summed E-state index contributed by atoms with van der Waals surface area (Å²) >= 11 is 3.23. The van der Waals surface area contributed by atoms with Crippen LogP contribution in [-0.2, 0) is 0 Å². The molecular weight excluding hydrogens is 178 g/mol. The number of aromatic nitrogens is 1. The third kappa shape index (κ3) is 1.52. The lowest BCUT2D eigenvalue weighted by atomic mass is 10.3. The summed E-state index contributed by atoms with van der Waals surface area (Å²) in [6.45, 7) is 3.50. The lowest BCUT2D eigenvalue weighted by molar-refractivity contribution is 1.16. The second-order valence-corrected chi connectivity index (χ2v) is 2.67. The van der Waals surface area contributed by atoms with E-state index in [1.165, 1.54) is 0 Å². The lowest BCUT2D eigenvalue weighted by Gasteiger charge is -1.95. The van der Waals surface area contributed by atoms with Crippen LogP contribution in [0, 0.1) is 13.8 Å². The van der Waals surface area contributed by atoms with Crippen molar-refractivity contribution in [3.8, 4) is 0 Å². The predicted octanol–water partition coefficient (Wildman–Crippen LogP) is 2.46. The summed E-state index contributed by atoms with van der Waals surface area (Å²) in [5.41, 5.74) is 1.31. The molecule has 0 fully saturated rings. The van der Waals surface area contributed by atoms with E-state index in [9.17, 15) is 0 Å². The van der Waals surface area contributed by atoms with Crippen LogP contribution in [0.15, 0.2) is 16.7 Å². The summed E-state index contributed by atoms with van der Waals surface area (Å²) in [6.07, 6.45) is 0.241. The molecular formula is C7H8BrN. The van der Waals surface area contributed by atoms with E-state index in [1.807, 2.05) is 0 Å². The van der Waals surface area contributed by atoms with Gasteiger partial charge < -0.3 is 0 Å². The number of aryl methyl sites for hydroxylation is 1. The van der Waals surface area contributed by atoms with Crippen molar-refractivity contribution in [3.05, 3.63) is 27.9 Å². The van der Waals surface area contributed by atoms with E-state index >= 15 is 0 Å². The highest BCUT2D eigenvalue weighted by Gasteiger charge is 1.92. The van der Waals surface area contributed by atoms with Gasteiger partial charge in [0.1, 0.15) is 0 Å². The Kier molecular flexibility index (Phi) is 1.23. The van der Waals surface area contributed by atoms with E-state index in [0.29, 0.717) is 16.2 Å². The van der Waals surface area contributed by atoms with Crippen LogP contribution >= 0.6 is 15.9 Å². The molecule has 0 aliphatic rings. The topological polar surface area (TPSA) is 12.9 Å². The summed E-state index contributed by atoms with van der Waals surface area (Å²) in [5.74, 6) is 0. The molecule has 0 spiro atoms. The molecule has 0 aliphatic heterocycles. The zero-order chi connectivity index (χ0) is 8.59. The monoisotopic (exact) mass is 187 g/mol. The highest BCUT2D eigenvalue weighted by Crippen LogP contribution is 2.14. The average molecular weight is 188 g/mol. The van der Waals surface area contributed by atoms with Gasteiger partial charge in [0, 0.05) is 16.3 Å². The molecule has 0 unspecified atom stereocenters. The molecule has 1 aromatic rings. The minimum atomic E-state index is 0.241. The van der Waals surface area contributed by atoms with E-state index < -0.39 is 0 Å². The second kappa shape index (κ2) is 2.48. The number of halogens is 1. The van der Waals surface area contributed by atoms with Gasteiger partial charge in [0.25, 0.3) is 0 Å². The third-order valence-electron chi connectivity index (χ3n) is 1.01. The van der Waals surface area contributed by atoms with Gasteiger partial charge in [0.15, 0.2) is 0 Å². The first-order valence-electron chi connectivity index (χ1n) is 3.64. The molecule has 1 nitrogen and oxygen atoms in total. The molecule has 0 atom stereocenters. The van der Waals surface area contributed by atoms with Crippen LogP contribution in [0.25, 0.3) is 0 Å². The Hall–Kier alpha value is -0.370. The number of hydrogen-bond donors (Lipinski definition) is 0. The fourth-order valence-electron chi connectivity index (χ4n) is 0.497. The van der Waals surface area contributed by atoms with Gasteiger partial charge in [-0.15, -0.1) is 0 Å². The minimum absolute atomic E-state index is 0.241. The van der Waals surface area contributed by atoms with Gasteiger partial charge >= 0.3 is 0 Å². The van der Waals surface area contributed by atoms with Crippen LogP contribution in [-0.4, -0.2) is 4.98 Å². The molecule has 0 bridgehead atoms. The van der Waals surface area contributed by atoms with Crippen LogP contribution in [0.5, 0.6) is 0 Å². The minimum Gasteiger partial charge on any atom is -0.261 e. The van der Waals surface area contributed by atoms with E-state index in [1.54, 1.807) is 13.8 Å². The van der Waals surface area contributed by atoms with Crippen molar-refractivity contribution in [2.24, 2.45) is 0 Å². The number of rotatable bonds is 0. The van der Waals surface area contributed by atoms with Crippen LogP contribution < -0.4 is 0 Å². The Morgan fingerprint density at radius 1 is 1.67 bits per heavy atom. The van der Waals surface area contributed by atoms with Crippen molar-refractivity contribution in [3.63, 3.8) is 0 Å². The first-order chi connectivity index (χ1) is 5.04. The van der Waals surface area contributed by atoms with Crippen LogP contribution in [0.2, 0.25) is 0 Å².